The smallest absolute Gasteiger partial charge is 0.352 e. The van der Waals surface area contributed by atoms with E-state index in [2.05, 4.69) is 26.4 Å². The van der Waals surface area contributed by atoms with Gasteiger partial charge in [-0.2, -0.15) is 5.48 Å². The highest BCUT2D eigenvalue weighted by Crippen LogP contribution is 2.11. The van der Waals surface area contributed by atoms with Crippen LogP contribution in [0.2, 0.25) is 0 Å². The normalized spacial score (nSPS) is 10.9. The first-order valence-corrected chi connectivity index (χ1v) is 11.5. The lowest BCUT2D eigenvalue weighted by atomic mass is 10.1. The van der Waals surface area contributed by atoms with Crippen LogP contribution < -0.4 is 26.3 Å². The van der Waals surface area contributed by atoms with Crippen molar-refractivity contribution in [2.45, 2.75) is 19.4 Å². The molecule has 0 saturated heterocycles. The first-order valence-electron chi connectivity index (χ1n) is 11.5. The van der Waals surface area contributed by atoms with E-state index in [0.717, 1.165) is 5.56 Å². The fraction of sp³-hybridized carbons (Fsp3) is 0.192. The predicted molar refractivity (Wildman–Crippen MR) is 135 cm³/mol. The molecule has 0 saturated carbocycles. The standard InChI is InChI=1S/C26H27N5O6/c1-2-36-25(34)22(14-18-8-7-13-27-16-18)30-23(32)17-28-24(33)19-9-6-10-20(15-19)29-26(35)31-37-21-11-4-3-5-12-21/h3-13,15-16,22H,2,14,17H2,1H3,(H,28,33)(H,30,32)(H2,29,31,35). The monoisotopic (exact) mass is 505 g/mol. The fourth-order valence-corrected chi connectivity index (χ4v) is 3.19. The van der Waals surface area contributed by atoms with Crippen molar-refractivity contribution in [3.05, 3.63) is 90.3 Å². The van der Waals surface area contributed by atoms with Crippen LogP contribution in [0, 0.1) is 0 Å². The van der Waals surface area contributed by atoms with Gasteiger partial charge in [0.1, 0.15) is 6.04 Å². The number of hydrogen-bond donors (Lipinski definition) is 4. The average Bonchev–Trinajstić information content (AvgIpc) is 2.91. The Balaban J connectivity index is 1.51. The van der Waals surface area contributed by atoms with Gasteiger partial charge in [-0.3, -0.25) is 14.6 Å². The first kappa shape index (κ1) is 26.7. The molecule has 11 nitrogen and oxygen atoms in total. The van der Waals surface area contributed by atoms with Gasteiger partial charge in [-0.1, -0.05) is 30.3 Å². The van der Waals surface area contributed by atoms with Crippen molar-refractivity contribution in [2.75, 3.05) is 18.5 Å². The van der Waals surface area contributed by atoms with Gasteiger partial charge in [-0.25, -0.2) is 9.59 Å². The number of urea groups is 1. The minimum atomic E-state index is -0.933. The molecule has 0 spiro atoms. The highest BCUT2D eigenvalue weighted by Gasteiger charge is 2.23. The van der Waals surface area contributed by atoms with E-state index in [1.807, 2.05) is 6.07 Å². The summed E-state index contributed by atoms with van der Waals surface area (Å²) in [5.74, 6) is -1.24. The van der Waals surface area contributed by atoms with Gasteiger partial charge in [-0.05, 0) is 48.9 Å². The molecule has 0 radical (unpaired) electrons. The summed E-state index contributed by atoms with van der Waals surface area (Å²) in [4.78, 5) is 58.6. The zero-order chi connectivity index (χ0) is 26.5. The van der Waals surface area contributed by atoms with Crippen molar-refractivity contribution in [1.82, 2.24) is 21.1 Å². The minimum absolute atomic E-state index is 0.162. The van der Waals surface area contributed by atoms with Crippen LogP contribution >= 0.6 is 0 Å². The molecule has 2 aromatic carbocycles. The maximum Gasteiger partial charge on any atom is 0.352 e. The number of hydrogen-bond acceptors (Lipinski definition) is 7. The highest BCUT2D eigenvalue weighted by atomic mass is 16.7. The fourth-order valence-electron chi connectivity index (χ4n) is 3.19. The predicted octanol–water partition coefficient (Wildman–Crippen LogP) is 2.22. The molecule has 37 heavy (non-hydrogen) atoms. The Morgan fingerprint density at radius 3 is 2.51 bits per heavy atom. The number of pyridine rings is 1. The molecular formula is C26H27N5O6. The quantitative estimate of drug-likeness (QED) is 0.231. The average molecular weight is 506 g/mol. The van der Waals surface area contributed by atoms with E-state index < -0.39 is 29.9 Å². The molecular weight excluding hydrogens is 478 g/mol. The third kappa shape index (κ3) is 8.98. The Labute approximate surface area is 213 Å². The van der Waals surface area contributed by atoms with Crippen molar-refractivity contribution in [1.29, 1.82) is 0 Å². The maximum absolute atomic E-state index is 12.6. The maximum atomic E-state index is 12.6. The SMILES string of the molecule is CCOC(=O)C(Cc1cccnc1)NC(=O)CNC(=O)c1cccc(NC(=O)NOc2ccccc2)c1. The second-order valence-corrected chi connectivity index (χ2v) is 7.67. The van der Waals surface area contributed by atoms with Crippen LogP contribution in [0.1, 0.15) is 22.8 Å². The van der Waals surface area contributed by atoms with Crippen LogP contribution in [0.25, 0.3) is 0 Å². The van der Waals surface area contributed by atoms with Gasteiger partial charge in [0.15, 0.2) is 5.75 Å². The number of amides is 4. The van der Waals surface area contributed by atoms with E-state index >= 15 is 0 Å². The van der Waals surface area contributed by atoms with Crippen LogP contribution in [0.3, 0.4) is 0 Å². The molecule has 0 aliphatic carbocycles. The van der Waals surface area contributed by atoms with Crippen molar-refractivity contribution in [3.63, 3.8) is 0 Å². The lowest BCUT2D eigenvalue weighted by molar-refractivity contribution is -0.147. The van der Waals surface area contributed by atoms with Crippen LogP contribution in [0.15, 0.2) is 79.1 Å². The summed E-state index contributed by atoms with van der Waals surface area (Å²) in [6.45, 7) is 1.46. The number of carbonyl (C=O) groups is 4. The molecule has 4 N–H and O–H groups in total. The molecule has 4 amide bonds. The summed E-state index contributed by atoms with van der Waals surface area (Å²) in [5, 5.41) is 7.64. The summed E-state index contributed by atoms with van der Waals surface area (Å²) < 4.78 is 5.05. The summed E-state index contributed by atoms with van der Waals surface area (Å²) >= 11 is 0. The summed E-state index contributed by atoms with van der Waals surface area (Å²) in [6, 6.07) is 16.8. The van der Waals surface area contributed by atoms with Gasteiger partial charge in [-0.15, -0.1) is 0 Å². The van der Waals surface area contributed by atoms with E-state index in [4.69, 9.17) is 9.57 Å². The Morgan fingerprint density at radius 1 is 0.973 bits per heavy atom. The van der Waals surface area contributed by atoms with E-state index in [1.165, 1.54) is 12.1 Å². The zero-order valence-corrected chi connectivity index (χ0v) is 20.1. The zero-order valence-electron chi connectivity index (χ0n) is 20.1. The van der Waals surface area contributed by atoms with Crippen molar-refractivity contribution >= 4 is 29.5 Å². The second-order valence-electron chi connectivity index (χ2n) is 7.67. The molecule has 3 rings (SSSR count). The van der Waals surface area contributed by atoms with Crippen molar-refractivity contribution in [2.24, 2.45) is 0 Å². The number of anilines is 1. The van der Waals surface area contributed by atoms with Gasteiger partial charge in [0.2, 0.25) is 5.91 Å². The number of benzene rings is 2. The number of nitrogens with one attached hydrogen (secondary N) is 4. The largest absolute Gasteiger partial charge is 0.464 e. The first-order chi connectivity index (χ1) is 17.9. The van der Waals surface area contributed by atoms with Crippen molar-refractivity contribution in [3.8, 4) is 5.75 Å². The highest BCUT2D eigenvalue weighted by molar-refractivity contribution is 5.98. The molecule has 0 aliphatic heterocycles. The number of aromatic nitrogens is 1. The van der Waals surface area contributed by atoms with Gasteiger partial charge < -0.3 is 25.5 Å². The number of carbonyl (C=O) groups excluding carboxylic acids is 4. The summed E-state index contributed by atoms with van der Waals surface area (Å²) in [7, 11) is 0. The number of nitrogens with zero attached hydrogens (tertiary/aromatic N) is 1. The molecule has 0 fully saturated rings. The van der Waals surface area contributed by atoms with Crippen molar-refractivity contribution < 1.29 is 28.8 Å². The molecule has 0 bridgehead atoms. The Bertz CT molecular complexity index is 1210. The van der Waals surface area contributed by atoms with Gasteiger partial charge >= 0.3 is 12.0 Å². The molecule has 1 atom stereocenters. The lowest BCUT2D eigenvalue weighted by Gasteiger charge is -2.17. The van der Waals surface area contributed by atoms with Crippen LogP contribution in [0.4, 0.5) is 10.5 Å². The second kappa shape index (κ2) is 13.8. The molecule has 1 aromatic heterocycles. The molecule has 11 heteroatoms. The summed E-state index contributed by atoms with van der Waals surface area (Å²) in [5.41, 5.74) is 3.54. The Morgan fingerprint density at radius 2 is 1.78 bits per heavy atom. The third-order valence-corrected chi connectivity index (χ3v) is 4.87. The molecule has 192 valence electrons. The number of hydroxylamine groups is 1. The van der Waals surface area contributed by atoms with Crippen LogP contribution in [-0.4, -0.2) is 48.0 Å². The Hall–Kier alpha value is -4.93. The third-order valence-electron chi connectivity index (χ3n) is 4.87. The van der Waals surface area contributed by atoms with Gasteiger partial charge in [0, 0.05) is 30.1 Å². The van der Waals surface area contributed by atoms with Crippen LogP contribution in [0.5, 0.6) is 5.75 Å². The lowest BCUT2D eigenvalue weighted by Crippen LogP contribution is -2.47. The minimum Gasteiger partial charge on any atom is -0.464 e. The van der Waals surface area contributed by atoms with E-state index in [-0.39, 0.29) is 25.1 Å². The topological polar surface area (TPSA) is 148 Å². The van der Waals surface area contributed by atoms with Crippen LogP contribution in [-0.2, 0) is 20.7 Å². The number of esters is 1. The van der Waals surface area contributed by atoms with E-state index in [1.54, 1.807) is 67.8 Å². The molecule has 0 aliphatic rings. The van der Waals surface area contributed by atoms with E-state index in [9.17, 15) is 19.2 Å². The number of ether oxygens (including phenoxy) is 1. The summed E-state index contributed by atoms with van der Waals surface area (Å²) in [6.07, 6.45) is 3.39. The molecule has 3 aromatic rings. The molecule has 1 unspecified atom stereocenters. The number of para-hydroxylation sites is 1. The molecule has 1 heterocycles. The van der Waals surface area contributed by atoms with E-state index in [0.29, 0.717) is 11.4 Å². The number of rotatable bonds is 11. The van der Waals surface area contributed by atoms with Gasteiger partial charge in [0.05, 0.1) is 13.2 Å². The Kier molecular flexibility index (Phi) is 9.97. The van der Waals surface area contributed by atoms with Gasteiger partial charge in [0.25, 0.3) is 5.91 Å².